The third kappa shape index (κ3) is 4.95. The van der Waals surface area contributed by atoms with Crippen LogP contribution in [0.4, 0.5) is 18.9 Å². The van der Waals surface area contributed by atoms with Gasteiger partial charge in [0, 0.05) is 42.7 Å². The van der Waals surface area contributed by atoms with Crippen LogP contribution in [0.5, 0.6) is 0 Å². The highest BCUT2D eigenvalue weighted by molar-refractivity contribution is 7.92. The van der Waals surface area contributed by atoms with Crippen LogP contribution in [0.1, 0.15) is 10.4 Å². The Bertz CT molecular complexity index is 2160. The van der Waals surface area contributed by atoms with Gasteiger partial charge in [0.25, 0.3) is 5.91 Å². The maximum Gasteiger partial charge on any atom is 0.255 e. The zero-order valence-electron chi connectivity index (χ0n) is 22.8. The zero-order valence-corrected chi connectivity index (χ0v) is 23.6. The molecule has 3 aromatic heterocycles. The van der Waals surface area contributed by atoms with E-state index in [1.807, 2.05) is 0 Å². The lowest BCUT2D eigenvalue weighted by atomic mass is 10.0. The van der Waals surface area contributed by atoms with Crippen LogP contribution in [-0.4, -0.2) is 54.2 Å². The van der Waals surface area contributed by atoms with E-state index in [4.69, 9.17) is 4.42 Å². The van der Waals surface area contributed by atoms with Crippen molar-refractivity contribution < 1.29 is 30.8 Å². The summed E-state index contributed by atoms with van der Waals surface area (Å²) in [7, 11) is -1.04. The molecule has 1 amide bonds. The molecule has 0 saturated carbocycles. The van der Waals surface area contributed by atoms with Gasteiger partial charge in [-0.1, -0.05) is 0 Å². The van der Waals surface area contributed by atoms with Gasteiger partial charge in [-0.05, 0) is 42.5 Å². The second-order valence-electron chi connectivity index (χ2n) is 9.63. The first-order valence-corrected chi connectivity index (χ1v) is 14.5. The van der Waals surface area contributed by atoms with E-state index in [-0.39, 0.29) is 45.3 Å². The number of fused-ring (bicyclic) bond motifs is 2. The van der Waals surface area contributed by atoms with Crippen molar-refractivity contribution in [3.63, 3.8) is 0 Å². The van der Waals surface area contributed by atoms with Crippen molar-refractivity contribution in [1.29, 1.82) is 0 Å². The van der Waals surface area contributed by atoms with Crippen LogP contribution in [-0.2, 0) is 10.0 Å². The van der Waals surface area contributed by atoms with Crippen LogP contribution in [0, 0.1) is 17.5 Å². The molecular weight excluding hydrogens is 585 g/mol. The Morgan fingerprint density at radius 1 is 0.977 bits per heavy atom. The highest BCUT2D eigenvalue weighted by Crippen LogP contribution is 2.40. The Balaban J connectivity index is 1.64. The second-order valence-corrected chi connectivity index (χ2v) is 11.6. The van der Waals surface area contributed by atoms with Gasteiger partial charge in [-0.15, -0.1) is 0 Å². The van der Waals surface area contributed by atoms with Gasteiger partial charge in [0.15, 0.2) is 11.5 Å². The van der Waals surface area contributed by atoms with E-state index in [1.165, 1.54) is 67.6 Å². The first-order valence-electron chi connectivity index (χ1n) is 12.6. The molecule has 14 heteroatoms. The lowest BCUT2D eigenvalue weighted by molar-refractivity contribution is 0.0964. The first-order chi connectivity index (χ1) is 20.4. The molecule has 43 heavy (non-hydrogen) atoms. The molecule has 1 N–H and O–H groups in total. The molecule has 0 aliphatic rings. The molecule has 0 aliphatic carbocycles. The second kappa shape index (κ2) is 10.2. The number of anilines is 1. The van der Waals surface area contributed by atoms with Crippen molar-refractivity contribution in [2.24, 2.45) is 0 Å². The fourth-order valence-corrected chi connectivity index (χ4v) is 5.22. The molecule has 3 heterocycles. The van der Waals surface area contributed by atoms with Crippen LogP contribution >= 0.6 is 0 Å². The summed E-state index contributed by atoms with van der Waals surface area (Å²) >= 11 is 0. The number of amides is 1. The lowest BCUT2D eigenvalue weighted by Gasteiger charge is -2.20. The standard InChI is InChI=1S/C29H21F3N6O4S/c1-33-29(39)25-21-11-20(27-34-13-22-28(36-27)38(14-35-22)19-9-17(31)8-18(32)10-19)23(37(2)43(3,40)41)12-24(21)42-26(25)15-4-6-16(30)7-5-15/h4-14H,1-3H3,(H,33,39). The highest BCUT2D eigenvalue weighted by Gasteiger charge is 2.27. The quantitative estimate of drug-likeness (QED) is 0.281. The summed E-state index contributed by atoms with van der Waals surface area (Å²) in [4.78, 5) is 26.3. The van der Waals surface area contributed by atoms with Gasteiger partial charge in [0.1, 0.15) is 40.6 Å². The molecule has 0 bridgehead atoms. The van der Waals surface area contributed by atoms with Crippen molar-refractivity contribution in [3.05, 3.63) is 90.1 Å². The third-order valence-electron chi connectivity index (χ3n) is 6.86. The Morgan fingerprint density at radius 2 is 1.67 bits per heavy atom. The molecule has 0 spiro atoms. The maximum absolute atomic E-state index is 14.0. The third-order valence-corrected chi connectivity index (χ3v) is 8.05. The smallest absolute Gasteiger partial charge is 0.255 e. The van der Waals surface area contributed by atoms with Gasteiger partial charge in [-0.2, -0.15) is 0 Å². The number of furan rings is 1. The highest BCUT2D eigenvalue weighted by atomic mass is 32.2. The van der Waals surface area contributed by atoms with Gasteiger partial charge >= 0.3 is 0 Å². The SMILES string of the molecule is CNC(=O)c1c(-c2ccc(F)cc2)oc2cc(N(C)S(C)(=O)=O)c(-c3ncc4ncn(-c5cc(F)cc(F)c5)c4n3)cc12. The molecule has 3 aromatic carbocycles. The molecule has 6 rings (SSSR count). The number of imidazole rings is 1. The van der Waals surface area contributed by atoms with Crippen LogP contribution in [0.15, 0.2) is 71.5 Å². The van der Waals surface area contributed by atoms with Crippen LogP contribution in [0.25, 0.3) is 50.5 Å². The summed E-state index contributed by atoms with van der Waals surface area (Å²) in [6.45, 7) is 0. The molecule has 0 atom stereocenters. The van der Waals surface area contributed by atoms with Crippen LogP contribution < -0.4 is 9.62 Å². The first kappa shape index (κ1) is 27.9. The summed E-state index contributed by atoms with van der Waals surface area (Å²) in [5.74, 6) is -2.41. The van der Waals surface area contributed by atoms with Crippen molar-refractivity contribution in [2.45, 2.75) is 0 Å². The molecule has 0 saturated heterocycles. The number of hydrogen-bond acceptors (Lipinski definition) is 7. The number of hydrogen-bond donors (Lipinski definition) is 1. The van der Waals surface area contributed by atoms with Crippen molar-refractivity contribution in [3.8, 4) is 28.4 Å². The van der Waals surface area contributed by atoms with Crippen LogP contribution in [0.2, 0.25) is 0 Å². The summed E-state index contributed by atoms with van der Waals surface area (Å²) < 4.78 is 75.5. The van der Waals surface area contributed by atoms with E-state index in [0.29, 0.717) is 16.5 Å². The number of halogens is 3. The number of nitrogens with zero attached hydrogens (tertiary/aromatic N) is 5. The van der Waals surface area contributed by atoms with Crippen molar-refractivity contribution in [2.75, 3.05) is 24.7 Å². The zero-order chi connectivity index (χ0) is 30.6. The molecule has 0 unspecified atom stereocenters. The largest absolute Gasteiger partial charge is 0.455 e. The number of aromatic nitrogens is 4. The Morgan fingerprint density at radius 3 is 2.33 bits per heavy atom. The Kier molecular flexibility index (Phi) is 6.64. The van der Waals surface area contributed by atoms with Gasteiger partial charge in [-0.25, -0.2) is 36.5 Å². The molecule has 0 aliphatic heterocycles. The molecule has 218 valence electrons. The average molecular weight is 607 g/mol. The summed E-state index contributed by atoms with van der Waals surface area (Å²) in [5, 5.41) is 2.88. The number of rotatable bonds is 6. The molecule has 0 radical (unpaired) electrons. The van der Waals surface area contributed by atoms with Crippen molar-refractivity contribution in [1.82, 2.24) is 24.8 Å². The van der Waals surface area contributed by atoms with E-state index in [2.05, 4.69) is 20.3 Å². The molecular formula is C29H21F3N6O4S. The van der Waals surface area contributed by atoms with E-state index in [9.17, 15) is 26.4 Å². The van der Waals surface area contributed by atoms with E-state index in [1.54, 1.807) is 0 Å². The Hall–Kier alpha value is -5.24. The maximum atomic E-state index is 14.0. The predicted molar refractivity (Wildman–Crippen MR) is 154 cm³/mol. The lowest BCUT2D eigenvalue weighted by Crippen LogP contribution is -2.25. The van der Waals surface area contributed by atoms with Crippen LogP contribution in [0.3, 0.4) is 0 Å². The van der Waals surface area contributed by atoms with Gasteiger partial charge in [-0.3, -0.25) is 13.7 Å². The fourth-order valence-electron chi connectivity index (χ4n) is 4.71. The monoisotopic (exact) mass is 606 g/mol. The number of nitrogens with one attached hydrogen (secondary N) is 1. The minimum Gasteiger partial charge on any atom is -0.455 e. The molecule has 10 nitrogen and oxygen atoms in total. The van der Waals surface area contributed by atoms with E-state index in [0.717, 1.165) is 28.8 Å². The van der Waals surface area contributed by atoms with Gasteiger partial charge < -0.3 is 9.73 Å². The predicted octanol–water partition coefficient (Wildman–Crippen LogP) is 5.07. The topological polar surface area (TPSA) is 123 Å². The molecule has 6 aromatic rings. The number of benzene rings is 3. The fraction of sp³-hybridized carbons (Fsp3) is 0.103. The number of sulfonamides is 1. The minimum atomic E-state index is -3.81. The van der Waals surface area contributed by atoms with E-state index >= 15 is 0 Å². The minimum absolute atomic E-state index is 0.0333. The van der Waals surface area contributed by atoms with Gasteiger partial charge in [0.2, 0.25) is 10.0 Å². The van der Waals surface area contributed by atoms with Gasteiger partial charge in [0.05, 0.1) is 29.4 Å². The summed E-state index contributed by atoms with van der Waals surface area (Å²) in [6.07, 6.45) is 3.73. The number of carbonyl (C=O) groups excluding carboxylic acids is 1. The summed E-state index contributed by atoms with van der Waals surface area (Å²) in [6, 6.07) is 11.3. The average Bonchev–Trinajstić information content (AvgIpc) is 3.56. The van der Waals surface area contributed by atoms with Crippen molar-refractivity contribution >= 4 is 43.8 Å². The normalized spacial score (nSPS) is 11.8. The molecule has 0 fully saturated rings. The van der Waals surface area contributed by atoms with E-state index < -0.39 is 33.4 Å². The number of carbonyl (C=O) groups is 1. The summed E-state index contributed by atoms with van der Waals surface area (Å²) in [5.41, 5.74) is 1.66. The Labute approximate surface area is 242 Å².